The van der Waals surface area contributed by atoms with Gasteiger partial charge in [-0.15, -0.1) is 0 Å². The number of nitrogens with one attached hydrogen (secondary N) is 1. The van der Waals surface area contributed by atoms with Gasteiger partial charge in [0.1, 0.15) is 5.54 Å². The SMILES string of the molecule is CCCC(C)OCCC1CCCC1(NC)C(=O)OCC. The van der Waals surface area contributed by atoms with Crippen molar-refractivity contribution in [2.75, 3.05) is 20.3 Å². The highest BCUT2D eigenvalue weighted by molar-refractivity contribution is 5.81. The molecule has 4 heteroatoms. The van der Waals surface area contributed by atoms with Gasteiger partial charge in [0.05, 0.1) is 12.7 Å². The van der Waals surface area contributed by atoms with E-state index >= 15 is 0 Å². The van der Waals surface area contributed by atoms with Crippen LogP contribution in [0.15, 0.2) is 0 Å². The third-order valence-electron chi connectivity index (χ3n) is 4.47. The molecule has 0 aromatic rings. The summed E-state index contributed by atoms with van der Waals surface area (Å²) in [5, 5.41) is 3.25. The van der Waals surface area contributed by atoms with Gasteiger partial charge in [-0.3, -0.25) is 4.79 Å². The zero-order chi connectivity index (χ0) is 15.0. The minimum atomic E-state index is -0.493. The molecule has 0 bridgehead atoms. The zero-order valence-corrected chi connectivity index (χ0v) is 13.5. The topological polar surface area (TPSA) is 47.6 Å². The molecule has 20 heavy (non-hydrogen) atoms. The largest absolute Gasteiger partial charge is 0.465 e. The first-order valence-electron chi connectivity index (χ1n) is 8.08. The summed E-state index contributed by atoms with van der Waals surface area (Å²) in [6.07, 6.45) is 6.51. The Bertz CT molecular complexity index is 295. The van der Waals surface area contributed by atoms with Gasteiger partial charge in [-0.05, 0) is 52.5 Å². The fraction of sp³-hybridized carbons (Fsp3) is 0.938. The fourth-order valence-corrected chi connectivity index (χ4v) is 3.33. The number of carbonyl (C=O) groups is 1. The van der Waals surface area contributed by atoms with Gasteiger partial charge in [0.2, 0.25) is 0 Å². The highest BCUT2D eigenvalue weighted by atomic mass is 16.5. The molecular formula is C16H31NO3. The van der Waals surface area contributed by atoms with Crippen molar-refractivity contribution in [3.8, 4) is 0 Å². The molecule has 0 radical (unpaired) electrons. The van der Waals surface area contributed by atoms with E-state index in [-0.39, 0.29) is 5.97 Å². The van der Waals surface area contributed by atoms with Gasteiger partial charge in [-0.2, -0.15) is 0 Å². The third kappa shape index (κ3) is 4.19. The lowest BCUT2D eigenvalue weighted by molar-refractivity contribution is -0.153. The predicted molar refractivity (Wildman–Crippen MR) is 80.7 cm³/mol. The van der Waals surface area contributed by atoms with Crippen LogP contribution >= 0.6 is 0 Å². The molecular weight excluding hydrogens is 254 g/mol. The molecule has 0 aliphatic heterocycles. The number of hydrogen-bond donors (Lipinski definition) is 1. The first kappa shape index (κ1) is 17.4. The van der Waals surface area contributed by atoms with Gasteiger partial charge in [0.15, 0.2) is 0 Å². The zero-order valence-electron chi connectivity index (χ0n) is 13.5. The van der Waals surface area contributed by atoms with Crippen LogP contribution in [0.1, 0.15) is 59.3 Å². The lowest BCUT2D eigenvalue weighted by Gasteiger charge is -2.33. The molecule has 0 amide bonds. The number of ether oxygens (including phenoxy) is 2. The van der Waals surface area contributed by atoms with Crippen molar-refractivity contribution in [3.05, 3.63) is 0 Å². The van der Waals surface area contributed by atoms with Gasteiger partial charge in [-0.25, -0.2) is 0 Å². The molecule has 0 aromatic heterocycles. The van der Waals surface area contributed by atoms with E-state index in [2.05, 4.69) is 19.2 Å². The smallest absolute Gasteiger partial charge is 0.326 e. The lowest BCUT2D eigenvalue weighted by atomic mass is 9.85. The van der Waals surface area contributed by atoms with E-state index < -0.39 is 5.54 Å². The molecule has 4 nitrogen and oxygen atoms in total. The van der Waals surface area contributed by atoms with E-state index in [1.807, 2.05) is 14.0 Å². The molecule has 118 valence electrons. The quantitative estimate of drug-likeness (QED) is 0.662. The normalized spacial score (nSPS) is 27.5. The van der Waals surface area contributed by atoms with E-state index in [0.29, 0.717) is 18.6 Å². The van der Waals surface area contributed by atoms with Crippen molar-refractivity contribution in [1.82, 2.24) is 5.32 Å². The highest BCUT2D eigenvalue weighted by Crippen LogP contribution is 2.38. The van der Waals surface area contributed by atoms with Crippen LogP contribution in [0.3, 0.4) is 0 Å². The molecule has 1 saturated carbocycles. The highest BCUT2D eigenvalue weighted by Gasteiger charge is 2.48. The average molecular weight is 285 g/mol. The predicted octanol–water partition coefficient (Wildman–Crippen LogP) is 2.90. The molecule has 1 rings (SSSR count). The molecule has 1 aliphatic rings. The molecule has 1 fully saturated rings. The summed E-state index contributed by atoms with van der Waals surface area (Å²) < 4.78 is 11.1. The van der Waals surface area contributed by atoms with Gasteiger partial charge in [0.25, 0.3) is 0 Å². The second-order valence-electron chi connectivity index (χ2n) is 5.79. The summed E-state index contributed by atoms with van der Waals surface area (Å²) in [7, 11) is 1.87. The molecule has 1 aliphatic carbocycles. The number of likely N-dealkylation sites (N-methyl/N-ethyl adjacent to an activating group) is 1. The third-order valence-corrected chi connectivity index (χ3v) is 4.47. The van der Waals surface area contributed by atoms with Crippen LogP contribution in [0.25, 0.3) is 0 Å². The Morgan fingerprint density at radius 3 is 2.80 bits per heavy atom. The molecule has 0 saturated heterocycles. The minimum Gasteiger partial charge on any atom is -0.465 e. The van der Waals surface area contributed by atoms with Crippen LogP contribution in [-0.4, -0.2) is 37.9 Å². The van der Waals surface area contributed by atoms with Crippen LogP contribution in [0.2, 0.25) is 0 Å². The van der Waals surface area contributed by atoms with Gasteiger partial charge < -0.3 is 14.8 Å². The Balaban J connectivity index is 2.52. The van der Waals surface area contributed by atoms with E-state index in [0.717, 1.165) is 45.1 Å². The Morgan fingerprint density at radius 2 is 2.20 bits per heavy atom. The first-order chi connectivity index (χ1) is 9.60. The second-order valence-corrected chi connectivity index (χ2v) is 5.79. The van der Waals surface area contributed by atoms with Crippen molar-refractivity contribution < 1.29 is 14.3 Å². The van der Waals surface area contributed by atoms with Crippen molar-refractivity contribution in [1.29, 1.82) is 0 Å². The standard InChI is InChI=1S/C16H31NO3/c1-5-8-13(3)20-12-10-14-9-7-11-16(14,17-4)15(18)19-6-2/h13-14,17H,5-12H2,1-4H3. The van der Waals surface area contributed by atoms with Gasteiger partial charge in [-0.1, -0.05) is 19.8 Å². The van der Waals surface area contributed by atoms with E-state index in [9.17, 15) is 4.79 Å². The van der Waals surface area contributed by atoms with Crippen LogP contribution < -0.4 is 5.32 Å². The fourth-order valence-electron chi connectivity index (χ4n) is 3.33. The Labute approximate surface area is 123 Å². The molecule has 0 heterocycles. The number of hydrogen-bond acceptors (Lipinski definition) is 4. The summed E-state index contributed by atoms with van der Waals surface area (Å²) in [4.78, 5) is 12.3. The summed E-state index contributed by atoms with van der Waals surface area (Å²) in [6.45, 7) is 7.33. The number of esters is 1. The molecule has 3 unspecified atom stereocenters. The molecule has 0 spiro atoms. The van der Waals surface area contributed by atoms with Crippen molar-refractivity contribution in [2.45, 2.75) is 70.9 Å². The van der Waals surface area contributed by atoms with Crippen molar-refractivity contribution in [2.24, 2.45) is 5.92 Å². The summed E-state index contributed by atoms with van der Waals surface area (Å²) >= 11 is 0. The Morgan fingerprint density at radius 1 is 1.45 bits per heavy atom. The maximum absolute atomic E-state index is 12.3. The molecule has 0 aromatic carbocycles. The van der Waals surface area contributed by atoms with E-state index in [4.69, 9.17) is 9.47 Å². The molecule has 1 N–H and O–H groups in total. The van der Waals surface area contributed by atoms with Crippen LogP contribution in [0.5, 0.6) is 0 Å². The van der Waals surface area contributed by atoms with Crippen molar-refractivity contribution in [3.63, 3.8) is 0 Å². The Hall–Kier alpha value is -0.610. The lowest BCUT2D eigenvalue weighted by Crippen LogP contribution is -2.54. The number of carbonyl (C=O) groups excluding carboxylic acids is 1. The molecule has 3 atom stereocenters. The maximum atomic E-state index is 12.3. The summed E-state index contributed by atoms with van der Waals surface area (Å²) in [5.41, 5.74) is -0.493. The van der Waals surface area contributed by atoms with Crippen LogP contribution in [0, 0.1) is 5.92 Å². The van der Waals surface area contributed by atoms with Crippen molar-refractivity contribution >= 4 is 5.97 Å². The number of rotatable bonds is 9. The summed E-state index contributed by atoms with van der Waals surface area (Å²) in [5.74, 6) is 0.229. The minimum absolute atomic E-state index is 0.0911. The van der Waals surface area contributed by atoms with E-state index in [1.54, 1.807) is 0 Å². The van der Waals surface area contributed by atoms with Crippen LogP contribution in [0.4, 0.5) is 0 Å². The monoisotopic (exact) mass is 285 g/mol. The first-order valence-corrected chi connectivity index (χ1v) is 8.08. The van der Waals surface area contributed by atoms with Gasteiger partial charge in [0, 0.05) is 6.61 Å². The maximum Gasteiger partial charge on any atom is 0.326 e. The van der Waals surface area contributed by atoms with Gasteiger partial charge >= 0.3 is 5.97 Å². The van der Waals surface area contributed by atoms with Crippen LogP contribution in [-0.2, 0) is 14.3 Å². The summed E-state index contributed by atoms with van der Waals surface area (Å²) in [6, 6.07) is 0. The average Bonchev–Trinajstić information content (AvgIpc) is 2.83. The Kier molecular flexibility index (Phi) is 7.52. The second kappa shape index (κ2) is 8.63. The van der Waals surface area contributed by atoms with E-state index in [1.165, 1.54) is 0 Å².